The van der Waals surface area contributed by atoms with Crippen LogP contribution in [0.3, 0.4) is 0 Å². The highest BCUT2D eigenvalue weighted by atomic mass is 19.1. The van der Waals surface area contributed by atoms with E-state index in [1.165, 1.54) is 37.3 Å². The fourth-order valence-corrected chi connectivity index (χ4v) is 4.28. The Morgan fingerprint density at radius 2 is 1.70 bits per heavy atom. The minimum atomic E-state index is -1.07. The molecule has 0 radical (unpaired) electrons. The van der Waals surface area contributed by atoms with E-state index in [-0.39, 0.29) is 28.1 Å². The van der Waals surface area contributed by atoms with Gasteiger partial charge in [-0.15, -0.1) is 0 Å². The molecule has 0 saturated carbocycles. The maximum atomic E-state index is 14.1. The Kier molecular flexibility index (Phi) is 6.97. The van der Waals surface area contributed by atoms with E-state index in [0.29, 0.717) is 5.56 Å². The van der Waals surface area contributed by atoms with Gasteiger partial charge in [-0.3, -0.25) is 14.5 Å². The van der Waals surface area contributed by atoms with Crippen LogP contribution >= 0.6 is 0 Å². The van der Waals surface area contributed by atoms with Gasteiger partial charge in [-0.05, 0) is 54.1 Å². The van der Waals surface area contributed by atoms with Crippen LogP contribution in [-0.4, -0.2) is 51.1 Å². The molecule has 37 heavy (non-hydrogen) atoms. The molecule has 0 spiro atoms. The van der Waals surface area contributed by atoms with Gasteiger partial charge in [0.05, 0.1) is 37.0 Å². The van der Waals surface area contributed by atoms with Crippen LogP contribution in [0, 0.1) is 5.82 Å². The molecule has 8 nitrogen and oxygen atoms in total. The molecule has 1 atom stereocenters. The Morgan fingerprint density at radius 1 is 1.00 bits per heavy atom. The van der Waals surface area contributed by atoms with E-state index in [2.05, 4.69) is 0 Å². The number of Topliss-reactive ketones (excluding diaryl/α,β-unsaturated/α-hetero) is 1. The van der Waals surface area contributed by atoms with Crippen LogP contribution in [0.1, 0.15) is 27.5 Å². The first-order chi connectivity index (χ1) is 17.7. The smallest absolute Gasteiger partial charge is 0.337 e. The lowest BCUT2D eigenvalue weighted by atomic mass is 9.94. The summed E-state index contributed by atoms with van der Waals surface area (Å²) >= 11 is 0. The monoisotopic (exact) mass is 504 g/mol. The molecule has 3 aromatic carbocycles. The summed E-state index contributed by atoms with van der Waals surface area (Å²) < 4.78 is 24.2. The molecule has 1 aliphatic heterocycles. The lowest BCUT2D eigenvalue weighted by Gasteiger charge is -2.26. The van der Waals surface area contributed by atoms with Gasteiger partial charge in [0.2, 0.25) is 0 Å². The Hall–Kier alpha value is -4.66. The number of ether oxygens (including phenoxy) is 2. The van der Waals surface area contributed by atoms with E-state index in [0.717, 1.165) is 17.8 Å². The van der Waals surface area contributed by atoms with Crippen LogP contribution < -0.4 is 14.5 Å². The molecule has 0 bridgehead atoms. The minimum Gasteiger partial charge on any atom is -0.507 e. The summed E-state index contributed by atoms with van der Waals surface area (Å²) in [7, 11) is 6.32. The van der Waals surface area contributed by atoms with Crippen molar-refractivity contribution in [1.29, 1.82) is 0 Å². The summed E-state index contributed by atoms with van der Waals surface area (Å²) in [5, 5.41) is 11.3. The zero-order chi connectivity index (χ0) is 26.9. The number of ketones is 1. The van der Waals surface area contributed by atoms with Gasteiger partial charge in [-0.1, -0.05) is 18.2 Å². The average Bonchev–Trinajstić information content (AvgIpc) is 3.17. The normalized spacial score (nSPS) is 16.6. The molecule has 1 unspecified atom stereocenters. The van der Waals surface area contributed by atoms with Crippen molar-refractivity contribution >= 4 is 34.8 Å². The Morgan fingerprint density at radius 3 is 2.32 bits per heavy atom. The quantitative estimate of drug-likeness (QED) is 0.231. The Balaban J connectivity index is 1.97. The molecule has 0 aliphatic carbocycles. The summed E-state index contributed by atoms with van der Waals surface area (Å²) in [4.78, 5) is 42.0. The highest BCUT2D eigenvalue weighted by molar-refractivity contribution is 6.51. The number of halogens is 1. The molecule has 1 saturated heterocycles. The van der Waals surface area contributed by atoms with Crippen molar-refractivity contribution in [2.45, 2.75) is 6.04 Å². The molecule has 1 N–H and O–H groups in total. The lowest BCUT2D eigenvalue weighted by Crippen LogP contribution is -2.29. The second-order valence-electron chi connectivity index (χ2n) is 8.54. The highest BCUT2D eigenvalue weighted by Gasteiger charge is 2.47. The molecule has 9 heteroatoms. The van der Waals surface area contributed by atoms with Gasteiger partial charge in [0.25, 0.3) is 11.7 Å². The summed E-state index contributed by atoms with van der Waals surface area (Å²) in [5.41, 5.74) is 1.51. The number of nitrogens with zero attached hydrogens (tertiary/aromatic N) is 2. The third kappa shape index (κ3) is 4.63. The summed E-state index contributed by atoms with van der Waals surface area (Å²) in [6.07, 6.45) is 0. The van der Waals surface area contributed by atoms with Gasteiger partial charge in [-0.25, -0.2) is 9.18 Å². The van der Waals surface area contributed by atoms with E-state index in [1.54, 1.807) is 24.3 Å². The predicted molar refractivity (Wildman–Crippen MR) is 136 cm³/mol. The second kappa shape index (κ2) is 10.1. The first-order valence-corrected chi connectivity index (χ1v) is 11.3. The SMILES string of the molecule is COC(=O)c1cccc(N2C(=O)C(=O)/C(=C(/O)c3cc(F)ccc3OC)C2c2ccc(N(C)C)cc2)c1. The molecule has 4 rings (SSSR count). The standard InChI is InChI=1S/C28H25FN2O6/c1-30(2)19-11-8-16(9-12-19)24-23(25(32)21-15-18(29)10-13-22(21)36-3)26(33)27(34)31(24)20-7-5-6-17(14-20)28(35)37-4/h5-15,24,32H,1-4H3/b25-23+. The van der Waals surface area contributed by atoms with E-state index in [1.807, 2.05) is 31.1 Å². The van der Waals surface area contributed by atoms with Gasteiger partial charge in [0.1, 0.15) is 17.3 Å². The van der Waals surface area contributed by atoms with Crippen molar-refractivity contribution in [3.63, 3.8) is 0 Å². The van der Waals surface area contributed by atoms with Crippen LogP contribution in [0.15, 0.2) is 72.3 Å². The third-order valence-corrected chi connectivity index (χ3v) is 6.13. The van der Waals surface area contributed by atoms with Gasteiger partial charge < -0.3 is 19.5 Å². The topological polar surface area (TPSA) is 96.4 Å². The second-order valence-corrected chi connectivity index (χ2v) is 8.54. The fraction of sp³-hybridized carbons (Fsp3) is 0.179. The largest absolute Gasteiger partial charge is 0.507 e. The van der Waals surface area contributed by atoms with E-state index in [4.69, 9.17) is 9.47 Å². The van der Waals surface area contributed by atoms with Crippen molar-refractivity contribution in [2.24, 2.45) is 0 Å². The number of esters is 1. The highest BCUT2D eigenvalue weighted by Crippen LogP contribution is 2.43. The van der Waals surface area contributed by atoms with E-state index in [9.17, 15) is 23.9 Å². The molecule has 1 aliphatic rings. The number of rotatable bonds is 6. The number of hydrogen-bond donors (Lipinski definition) is 1. The maximum absolute atomic E-state index is 14.1. The summed E-state index contributed by atoms with van der Waals surface area (Å²) in [5.74, 6) is -3.61. The Labute approximate surface area is 213 Å². The number of amides is 1. The van der Waals surface area contributed by atoms with Gasteiger partial charge in [0.15, 0.2) is 0 Å². The first kappa shape index (κ1) is 25.4. The minimum absolute atomic E-state index is 0.0706. The number of methoxy groups -OCH3 is 2. The van der Waals surface area contributed by atoms with Crippen molar-refractivity contribution in [2.75, 3.05) is 38.1 Å². The summed E-state index contributed by atoms with van der Waals surface area (Å²) in [6, 6.07) is 15.6. The van der Waals surface area contributed by atoms with Crippen molar-refractivity contribution in [3.05, 3.63) is 94.8 Å². The van der Waals surface area contributed by atoms with Gasteiger partial charge in [0, 0.05) is 25.5 Å². The molecule has 190 valence electrons. The van der Waals surface area contributed by atoms with Crippen molar-refractivity contribution in [3.8, 4) is 5.75 Å². The molecule has 0 aromatic heterocycles. The van der Waals surface area contributed by atoms with Crippen LogP contribution in [-0.2, 0) is 14.3 Å². The number of benzene rings is 3. The van der Waals surface area contributed by atoms with E-state index < -0.39 is 35.3 Å². The average molecular weight is 505 g/mol. The maximum Gasteiger partial charge on any atom is 0.337 e. The predicted octanol–water partition coefficient (Wildman–Crippen LogP) is 4.31. The molecule has 1 fully saturated rings. The van der Waals surface area contributed by atoms with Crippen LogP contribution in [0.25, 0.3) is 5.76 Å². The zero-order valence-electron chi connectivity index (χ0n) is 20.7. The molecular formula is C28H25FN2O6. The number of anilines is 2. The zero-order valence-corrected chi connectivity index (χ0v) is 20.7. The van der Waals surface area contributed by atoms with E-state index >= 15 is 0 Å². The molecule has 3 aromatic rings. The van der Waals surface area contributed by atoms with Crippen molar-refractivity contribution in [1.82, 2.24) is 0 Å². The lowest BCUT2D eigenvalue weighted by molar-refractivity contribution is -0.132. The number of hydrogen-bond acceptors (Lipinski definition) is 7. The van der Waals surface area contributed by atoms with Gasteiger partial charge in [-0.2, -0.15) is 0 Å². The number of aliphatic hydroxyl groups excluding tert-OH is 1. The van der Waals surface area contributed by atoms with Gasteiger partial charge >= 0.3 is 5.97 Å². The number of aliphatic hydroxyl groups is 1. The molecule has 1 heterocycles. The third-order valence-electron chi connectivity index (χ3n) is 6.13. The summed E-state index contributed by atoms with van der Waals surface area (Å²) in [6.45, 7) is 0. The molecular weight excluding hydrogens is 479 g/mol. The first-order valence-electron chi connectivity index (χ1n) is 11.3. The Bertz CT molecular complexity index is 1410. The van der Waals surface area contributed by atoms with Crippen LogP contribution in [0.5, 0.6) is 5.75 Å². The number of carbonyl (C=O) groups excluding carboxylic acids is 3. The van der Waals surface area contributed by atoms with Crippen LogP contribution in [0.2, 0.25) is 0 Å². The van der Waals surface area contributed by atoms with Crippen LogP contribution in [0.4, 0.5) is 15.8 Å². The number of carbonyl (C=O) groups is 3. The van der Waals surface area contributed by atoms with Crippen molar-refractivity contribution < 1.29 is 33.4 Å². The molecule has 1 amide bonds. The fourth-order valence-electron chi connectivity index (χ4n) is 4.28.